The Kier molecular flexibility index (Phi) is 3.55. The molecule has 2 unspecified atom stereocenters. The molecule has 0 amide bonds. The second-order valence-electron chi connectivity index (χ2n) is 5.15. The van der Waals surface area contributed by atoms with E-state index in [1.807, 2.05) is 0 Å². The molecule has 1 heterocycles. The van der Waals surface area contributed by atoms with Crippen LogP contribution >= 0.6 is 0 Å². The van der Waals surface area contributed by atoms with Gasteiger partial charge in [-0.1, -0.05) is 6.92 Å². The van der Waals surface area contributed by atoms with E-state index in [-0.39, 0.29) is 5.56 Å². The van der Waals surface area contributed by atoms with Crippen molar-refractivity contribution < 1.29 is 14.3 Å². The van der Waals surface area contributed by atoms with Gasteiger partial charge >= 0.3 is 5.97 Å². The van der Waals surface area contributed by atoms with E-state index in [9.17, 15) is 14.3 Å². The minimum Gasteiger partial charge on any atom is -0.478 e. The Hall–Kier alpha value is -1.58. The maximum atomic E-state index is 13.2. The van der Waals surface area contributed by atoms with Crippen molar-refractivity contribution in [2.75, 3.05) is 11.4 Å². The lowest BCUT2D eigenvalue weighted by Gasteiger charge is -2.39. The Balaban J connectivity index is 2.40. The van der Waals surface area contributed by atoms with Crippen molar-refractivity contribution in [2.24, 2.45) is 5.92 Å². The highest BCUT2D eigenvalue weighted by Crippen LogP contribution is 2.30. The van der Waals surface area contributed by atoms with Gasteiger partial charge in [0.05, 0.1) is 11.3 Å². The summed E-state index contributed by atoms with van der Waals surface area (Å²) in [4.78, 5) is 13.3. The third-order valence-corrected chi connectivity index (χ3v) is 3.62. The SMILES string of the molecule is CC1CCC(C)N(c2ccc(F)cc2C(=O)O)C1. The van der Waals surface area contributed by atoms with Crippen molar-refractivity contribution in [3.63, 3.8) is 0 Å². The number of aromatic carboxylic acids is 1. The Morgan fingerprint density at radius 3 is 2.78 bits per heavy atom. The highest BCUT2D eigenvalue weighted by molar-refractivity contribution is 5.94. The molecule has 1 aliphatic rings. The average Bonchev–Trinajstić information content (AvgIpc) is 2.32. The lowest BCUT2D eigenvalue weighted by atomic mass is 9.93. The van der Waals surface area contributed by atoms with Crippen LogP contribution in [0.5, 0.6) is 0 Å². The van der Waals surface area contributed by atoms with E-state index in [0.717, 1.165) is 25.5 Å². The summed E-state index contributed by atoms with van der Waals surface area (Å²) in [7, 11) is 0. The van der Waals surface area contributed by atoms with Crippen LogP contribution in [0.1, 0.15) is 37.0 Å². The third-order valence-electron chi connectivity index (χ3n) is 3.62. The highest BCUT2D eigenvalue weighted by Gasteiger charge is 2.26. The van der Waals surface area contributed by atoms with Crippen molar-refractivity contribution in [3.8, 4) is 0 Å². The molecule has 1 fully saturated rings. The third kappa shape index (κ3) is 2.47. The maximum Gasteiger partial charge on any atom is 0.337 e. The molecule has 0 spiro atoms. The number of nitrogens with zero attached hydrogens (tertiary/aromatic N) is 1. The second kappa shape index (κ2) is 4.96. The molecule has 0 saturated carbocycles. The summed E-state index contributed by atoms with van der Waals surface area (Å²) in [5.41, 5.74) is 0.680. The van der Waals surface area contributed by atoms with Gasteiger partial charge in [0, 0.05) is 12.6 Å². The lowest BCUT2D eigenvalue weighted by molar-refractivity contribution is 0.0696. The van der Waals surface area contributed by atoms with E-state index >= 15 is 0 Å². The minimum absolute atomic E-state index is 0.0518. The summed E-state index contributed by atoms with van der Waals surface area (Å²) in [5.74, 6) is -1.04. The molecule has 2 atom stereocenters. The van der Waals surface area contributed by atoms with E-state index in [0.29, 0.717) is 17.6 Å². The summed E-state index contributed by atoms with van der Waals surface area (Å²) in [6.07, 6.45) is 2.19. The monoisotopic (exact) mass is 251 g/mol. The number of piperidine rings is 1. The Morgan fingerprint density at radius 1 is 1.39 bits per heavy atom. The minimum atomic E-state index is -1.07. The van der Waals surface area contributed by atoms with Crippen LogP contribution in [0, 0.1) is 11.7 Å². The first-order valence-electron chi connectivity index (χ1n) is 6.28. The summed E-state index contributed by atoms with van der Waals surface area (Å²) >= 11 is 0. The average molecular weight is 251 g/mol. The highest BCUT2D eigenvalue weighted by atomic mass is 19.1. The smallest absolute Gasteiger partial charge is 0.337 e. The van der Waals surface area contributed by atoms with Gasteiger partial charge in [0.1, 0.15) is 5.82 Å². The topological polar surface area (TPSA) is 40.5 Å². The normalized spacial score (nSPS) is 24.1. The van der Waals surface area contributed by atoms with Crippen molar-refractivity contribution in [1.82, 2.24) is 0 Å². The number of carbonyl (C=O) groups is 1. The fourth-order valence-electron chi connectivity index (χ4n) is 2.55. The van der Waals surface area contributed by atoms with Gasteiger partial charge in [0.15, 0.2) is 0 Å². The van der Waals surface area contributed by atoms with Crippen LogP contribution in [0.2, 0.25) is 0 Å². The van der Waals surface area contributed by atoms with Gasteiger partial charge in [0.2, 0.25) is 0 Å². The zero-order valence-corrected chi connectivity index (χ0v) is 10.7. The van der Waals surface area contributed by atoms with Crippen LogP contribution in [0.3, 0.4) is 0 Å². The summed E-state index contributed by atoms with van der Waals surface area (Å²) in [5, 5.41) is 9.18. The molecule has 3 nitrogen and oxygen atoms in total. The Bertz CT molecular complexity index is 461. The van der Waals surface area contributed by atoms with Crippen LogP contribution in [-0.4, -0.2) is 23.7 Å². The predicted octanol–water partition coefficient (Wildman–Crippen LogP) is 3.15. The number of halogens is 1. The second-order valence-corrected chi connectivity index (χ2v) is 5.15. The van der Waals surface area contributed by atoms with Gasteiger partial charge in [0.25, 0.3) is 0 Å². The Morgan fingerprint density at radius 2 is 2.11 bits per heavy atom. The van der Waals surface area contributed by atoms with Gasteiger partial charge in [-0.3, -0.25) is 0 Å². The molecule has 1 aliphatic heterocycles. The summed E-state index contributed by atoms with van der Waals surface area (Å²) < 4.78 is 13.2. The van der Waals surface area contributed by atoms with Gasteiger partial charge in [-0.25, -0.2) is 9.18 Å². The molecular weight excluding hydrogens is 233 g/mol. The number of carboxylic acid groups (broad SMARTS) is 1. The van der Waals surface area contributed by atoms with Crippen LogP contribution in [0.25, 0.3) is 0 Å². The van der Waals surface area contributed by atoms with E-state index in [2.05, 4.69) is 18.7 Å². The number of anilines is 1. The van der Waals surface area contributed by atoms with E-state index in [1.54, 1.807) is 6.07 Å². The van der Waals surface area contributed by atoms with Gasteiger partial charge in [-0.15, -0.1) is 0 Å². The largest absolute Gasteiger partial charge is 0.478 e. The van der Waals surface area contributed by atoms with Gasteiger partial charge < -0.3 is 10.0 Å². The first kappa shape index (κ1) is 12.9. The van der Waals surface area contributed by atoms with Crippen LogP contribution in [-0.2, 0) is 0 Å². The molecule has 18 heavy (non-hydrogen) atoms. The number of hydrogen-bond acceptors (Lipinski definition) is 2. The van der Waals surface area contributed by atoms with Crippen molar-refractivity contribution >= 4 is 11.7 Å². The number of hydrogen-bond donors (Lipinski definition) is 1. The molecule has 2 rings (SSSR count). The fraction of sp³-hybridized carbons (Fsp3) is 0.500. The van der Waals surface area contributed by atoms with Crippen LogP contribution in [0.15, 0.2) is 18.2 Å². The molecule has 1 saturated heterocycles. The molecule has 0 radical (unpaired) electrons. The first-order chi connectivity index (χ1) is 8.49. The van der Waals surface area contributed by atoms with E-state index in [1.165, 1.54) is 6.07 Å². The van der Waals surface area contributed by atoms with E-state index < -0.39 is 11.8 Å². The molecule has 0 aliphatic carbocycles. The van der Waals surface area contributed by atoms with Crippen molar-refractivity contribution in [1.29, 1.82) is 0 Å². The maximum absolute atomic E-state index is 13.2. The summed E-state index contributed by atoms with van der Waals surface area (Å²) in [6.45, 7) is 5.07. The lowest BCUT2D eigenvalue weighted by Crippen LogP contribution is -2.41. The Labute approximate surface area is 106 Å². The quantitative estimate of drug-likeness (QED) is 0.877. The molecule has 0 bridgehead atoms. The standard InChI is InChI=1S/C14H18FNO2/c1-9-3-4-10(2)16(8-9)13-6-5-11(15)7-12(13)14(17)18/h5-7,9-10H,3-4,8H2,1-2H3,(H,17,18). The predicted molar refractivity (Wildman–Crippen MR) is 68.6 cm³/mol. The zero-order chi connectivity index (χ0) is 13.3. The number of rotatable bonds is 2. The molecule has 98 valence electrons. The molecule has 1 N–H and O–H groups in total. The van der Waals surface area contributed by atoms with Gasteiger partial charge in [-0.2, -0.15) is 0 Å². The van der Waals surface area contributed by atoms with Crippen LogP contribution in [0.4, 0.5) is 10.1 Å². The molecule has 4 heteroatoms. The molecular formula is C14H18FNO2. The number of benzene rings is 1. The number of carboxylic acids is 1. The van der Waals surface area contributed by atoms with Crippen molar-refractivity contribution in [2.45, 2.75) is 32.7 Å². The van der Waals surface area contributed by atoms with Crippen LogP contribution < -0.4 is 4.90 Å². The summed E-state index contributed by atoms with van der Waals surface area (Å²) in [6, 6.07) is 4.30. The zero-order valence-electron chi connectivity index (χ0n) is 10.7. The first-order valence-corrected chi connectivity index (χ1v) is 6.28. The molecule has 0 aromatic heterocycles. The van der Waals surface area contributed by atoms with E-state index in [4.69, 9.17) is 0 Å². The van der Waals surface area contributed by atoms with Crippen molar-refractivity contribution in [3.05, 3.63) is 29.6 Å². The fourth-order valence-corrected chi connectivity index (χ4v) is 2.55. The van der Waals surface area contributed by atoms with Gasteiger partial charge in [-0.05, 0) is 43.9 Å². The molecule has 1 aromatic carbocycles. The molecule has 1 aromatic rings.